The van der Waals surface area contributed by atoms with E-state index in [2.05, 4.69) is 5.32 Å². The second-order valence-corrected chi connectivity index (χ2v) is 9.33. The van der Waals surface area contributed by atoms with Gasteiger partial charge in [-0.05, 0) is 49.3 Å². The summed E-state index contributed by atoms with van der Waals surface area (Å²) in [5.74, 6) is -3.30. The Balaban J connectivity index is 1.61. The molecule has 1 unspecified atom stereocenters. The van der Waals surface area contributed by atoms with Gasteiger partial charge in [-0.3, -0.25) is 14.4 Å². The van der Waals surface area contributed by atoms with Crippen LogP contribution in [0.25, 0.3) is 0 Å². The van der Waals surface area contributed by atoms with Gasteiger partial charge in [0.05, 0.1) is 16.0 Å². The summed E-state index contributed by atoms with van der Waals surface area (Å²) < 4.78 is 5.93. The first kappa shape index (κ1) is 25.0. The molecule has 11 heteroatoms. The molecule has 33 heavy (non-hydrogen) atoms. The van der Waals surface area contributed by atoms with Gasteiger partial charge in [-0.2, -0.15) is 0 Å². The van der Waals surface area contributed by atoms with E-state index in [9.17, 15) is 24.3 Å². The molecule has 1 saturated carbocycles. The van der Waals surface area contributed by atoms with Crippen molar-refractivity contribution in [3.8, 4) is 5.75 Å². The van der Waals surface area contributed by atoms with Gasteiger partial charge in [0.15, 0.2) is 0 Å². The van der Waals surface area contributed by atoms with Crippen LogP contribution >= 0.6 is 34.5 Å². The first-order chi connectivity index (χ1) is 15.7. The van der Waals surface area contributed by atoms with E-state index in [4.69, 9.17) is 33.0 Å². The maximum absolute atomic E-state index is 12.6. The number of carboxylic acid groups (broad SMARTS) is 2. The van der Waals surface area contributed by atoms with Gasteiger partial charge in [-0.15, -0.1) is 11.3 Å². The highest BCUT2D eigenvalue weighted by Gasteiger charge is 2.34. The predicted molar refractivity (Wildman–Crippen MR) is 122 cm³/mol. The van der Waals surface area contributed by atoms with Crippen LogP contribution in [0.15, 0.2) is 29.6 Å². The minimum Gasteiger partial charge on any atom is -0.489 e. The lowest BCUT2D eigenvalue weighted by Gasteiger charge is -2.18. The Hall–Kier alpha value is -2.62. The molecule has 1 aromatic carbocycles. The normalized spacial score (nSPS) is 18.5. The highest BCUT2D eigenvalue weighted by Crippen LogP contribution is 2.38. The lowest BCUT2D eigenvalue weighted by Crippen LogP contribution is -2.43. The third-order valence-electron chi connectivity index (χ3n) is 5.35. The van der Waals surface area contributed by atoms with E-state index in [-0.39, 0.29) is 40.3 Å². The van der Waals surface area contributed by atoms with E-state index in [0.717, 1.165) is 0 Å². The number of ether oxygens (including phenoxy) is 1. The van der Waals surface area contributed by atoms with Crippen LogP contribution in [0.5, 0.6) is 5.75 Å². The van der Waals surface area contributed by atoms with Gasteiger partial charge in [-0.25, -0.2) is 4.79 Å². The second-order valence-electron chi connectivity index (χ2n) is 7.63. The van der Waals surface area contributed by atoms with Crippen LogP contribution in [0.3, 0.4) is 0 Å². The first-order valence-corrected chi connectivity index (χ1v) is 11.8. The van der Waals surface area contributed by atoms with E-state index in [1.165, 1.54) is 11.3 Å². The van der Waals surface area contributed by atoms with Crippen molar-refractivity contribution in [1.82, 2.24) is 5.32 Å². The topological polar surface area (TPSA) is 130 Å². The van der Waals surface area contributed by atoms with Gasteiger partial charge in [0.25, 0.3) is 0 Å². The molecule has 0 radical (unpaired) electrons. The van der Waals surface area contributed by atoms with Crippen LogP contribution in [0.2, 0.25) is 10.0 Å². The van der Waals surface area contributed by atoms with Gasteiger partial charge in [0.1, 0.15) is 16.8 Å². The van der Waals surface area contributed by atoms with Crippen LogP contribution in [0, 0.1) is 5.92 Å². The van der Waals surface area contributed by atoms with Gasteiger partial charge in [-0.1, -0.05) is 29.3 Å². The molecular formula is C22H21Cl2NO7S. The summed E-state index contributed by atoms with van der Waals surface area (Å²) in [6, 6.07) is 5.30. The number of aliphatic carboxylic acids is 2. The highest BCUT2D eigenvalue weighted by atomic mass is 35.5. The number of benzene rings is 1. The van der Waals surface area contributed by atoms with Crippen LogP contribution in [-0.4, -0.2) is 46.0 Å². The van der Waals surface area contributed by atoms with Gasteiger partial charge in [0, 0.05) is 17.9 Å². The number of amides is 1. The third kappa shape index (κ3) is 6.25. The number of ketones is 1. The summed E-state index contributed by atoms with van der Waals surface area (Å²) in [6.07, 6.45) is 0.430. The molecule has 3 N–H and O–H groups in total. The molecule has 0 saturated heterocycles. The van der Waals surface area contributed by atoms with Crippen molar-refractivity contribution >= 4 is 58.2 Å². The molecule has 3 rings (SSSR count). The number of carboxylic acids is 2. The summed E-state index contributed by atoms with van der Waals surface area (Å²) in [4.78, 5) is 47.6. The van der Waals surface area contributed by atoms with Crippen LogP contribution in [0.4, 0.5) is 0 Å². The molecule has 0 aliphatic heterocycles. The Morgan fingerprint density at radius 2 is 1.88 bits per heavy atom. The number of hydrogen-bond acceptors (Lipinski definition) is 6. The predicted octanol–water partition coefficient (Wildman–Crippen LogP) is 4.27. The zero-order valence-corrected chi connectivity index (χ0v) is 19.6. The minimum atomic E-state index is -1.28. The van der Waals surface area contributed by atoms with Crippen LogP contribution in [-0.2, 0) is 14.4 Å². The number of carbonyl (C=O) groups excluding carboxylic acids is 2. The van der Waals surface area contributed by atoms with Gasteiger partial charge < -0.3 is 20.3 Å². The molecule has 1 aliphatic carbocycles. The van der Waals surface area contributed by atoms with Crippen LogP contribution < -0.4 is 10.1 Å². The maximum atomic E-state index is 12.6. The second kappa shape index (κ2) is 11.0. The summed E-state index contributed by atoms with van der Waals surface area (Å²) >= 11 is 14.0. The molecule has 8 nitrogen and oxygen atoms in total. The van der Waals surface area contributed by atoms with Crippen LogP contribution in [0.1, 0.15) is 47.3 Å². The molecule has 0 spiro atoms. The Kier molecular flexibility index (Phi) is 8.34. The third-order valence-corrected chi connectivity index (χ3v) is 7.08. The number of hydrogen-bond donors (Lipinski definition) is 3. The number of thiophene rings is 1. The average molecular weight is 514 g/mol. The fourth-order valence-corrected chi connectivity index (χ4v) is 4.75. The van der Waals surface area contributed by atoms with Gasteiger partial charge in [0.2, 0.25) is 11.7 Å². The lowest BCUT2D eigenvalue weighted by atomic mass is 10.1. The van der Waals surface area contributed by atoms with E-state index in [1.807, 2.05) is 0 Å². The standard InChI is InChI=1S/C22H21Cl2NO7S/c23-18-13(20(28)16-2-1-9-33-16)5-7-15(19(18)24)32-12-4-3-11(10-12)21(29)25-14(22(30)31)6-8-17(26)27/h1-2,5,7,9,11-12,14H,3-4,6,8,10H2,(H,25,29)(H,26,27)(H,30,31)/t11-,12-,14?/m0/s1. The smallest absolute Gasteiger partial charge is 0.326 e. The van der Waals surface area contributed by atoms with Crippen molar-refractivity contribution in [1.29, 1.82) is 0 Å². The lowest BCUT2D eigenvalue weighted by molar-refractivity contribution is -0.143. The monoisotopic (exact) mass is 513 g/mol. The number of halogens is 2. The van der Waals surface area contributed by atoms with Crippen molar-refractivity contribution in [2.75, 3.05) is 0 Å². The summed E-state index contributed by atoms with van der Waals surface area (Å²) in [6.45, 7) is 0. The average Bonchev–Trinajstić information content (AvgIpc) is 3.46. The van der Waals surface area contributed by atoms with Crippen molar-refractivity contribution in [3.63, 3.8) is 0 Å². The molecule has 176 valence electrons. The van der Waals surface area contributed by atoms with Crippen molar-refractivity contribution < 1.29 is 34.1 Å². The Bertz CT molecular complexity index is 1060. The van der Waals surface area contributed by atoms with E-state index in [0.29, 0.717) is 29.9 Å². The Morgan fingerprint density at radius 3 is 2.52 bits per heavy atom. The molecule has 1 amide bonds. The SMILES string of the molecule is O=C(O)CCC(NC(=O)[C@H]1CC[C@H](Oc2ccc(C(=O)c3cccs3)c(Cl)c2Cl)C1)C(=O)O. The number of carbonyl (C=O) groups is 4. The van der Waals surface area contributed by atoms with Gasteiger partial charge >= 0.3 is 11.9 Å². The zero-order chi connectivity index (χ0) is 24.1. The molecule has 1 heterocycles. The molecule has 1 aliphatic rings. The Morgan fingerprint density at radius 1 is 1.12 bits per heavy atom. The molecule has 3 atom stereocenters. The summed E-state index contributed by atoms with van der Waals surface area (Å²) in [5.41, 5.74) is 0.265. The molecule has 1 aromatic heterocycles. The van der Waals surface area contributed by atoms with E-state index < -0.39 is 29.8 Å². The quantitative estimate of drug-likeness (QED) is 0.404. The fraction of sp³-hybridized carbons (Fsp3) is 0.364. The molecular weight excluding hydrogens is 493 g/mol. The van der Waals surface area contributed by atoms with Crippen molar-refractivity contribution in [2.24, 2.45) is 5.92 Å². The summed E-state index contributed by atoms with van der Waals surface area (Å²) in [5, 5.41) is 22.4. The van der Waals surface area contributed by atoms with Crippen molar-refractivity contribution in [3.05, 3.63) is 50.1 Å². The van der Waals surface area contributed by atoms with E-state index in [1.54, 1.807) is 29.6 Å². The number of nitrogens with one attached hydrogen (secondary N) is 1. The number of rotatable bonds is 10. The minimum absolute atomic E-state index is 0.0857. The van der Waals surface area contributed by atoms with Crippen molar-refractivity contribution in [2.45, 2.75) is 44.2 Å². The largest absolute Gasteiger partial charge is 0.489 e. The molecule has 0 bridgehead atoms. The summed E-state index contributed by atoms with van der Waals surface area (Å²) in [7, 11) is 0. The maximum Gasteiger partial charge on any atom is 0.326 e. The highest BCUT2D eigenvalue weighted by molar-refractivity contribution is 7.12. The molecule has 2 aromatic rings. The molecule has 1 fully saturated rings. The van der Waals surface area contributed by atoms with E-state index >= 15 is 0 Å². The Labute approximate surface area is 203 Å². The first-order valence-electron chi connectivity index (χ1n) is 10.1. The fourth-order valence-electron chi connectivity index (χ4n) is 3.62. The zero-order valence-electron chi connectivity index (χ0n) is 17.3.